The Kier molecular flexibility index (Phi) is 7.57. The van der Waals surface area contributed by atoms with Gasteiger partial charge in [-0.3, -0.25) is 9.80 Å². The van der Waals surface area contributed by atoms with Crippen LogP contribution in [0.2, 0.25) is 5.02 Å². The summed E-state index contributed by atoms with van der Waals surface area (Å²) in [7, 11) is -2.94. The van der Waals surface area contributed by atoms with E-state index in [1.807, 2.05) is 12.1 Å². The van der Waals surface area contributed by atoms with Gasteiger partial charge in [0.25, 0.3) is 0 Å². The van der Waals surface area contributed by atoms with Crippen LogP contribution in [0.5, 0.6) is 0 Å². The predicted octanol–water partition coefficient (Wildman–Crippen LogP) is 1.94. The van der Waals surface area contributed by atoms with Gasteiger partial charge in [0.05, 0.1) is 28.3 Å². The second-order valence-electron chi connectivity index (χ2n) is 11.0. The van der Waals surface area contributed by atoms with E-state index in [9.17, 15) is 8.42 Å². The summed E-state index contributed by atoms with van der Waals surface area (Å²) in [6, 6.07) is 4.53. The fourth-order valence-corrected chi connectivity index (χ4v) is 6.17. The van der Waals surface area contributed by atoms with Crippen molar-refractivity contribution >= 4 is 62.7 Å². The number of rotatable bonds is 11. The highest BCUT2D eigenvalue weighted by atomic mass is 35.5. The van der Waals surface area contributed by atoms with Crippen LogP contribution in [-0.4, -0.2) is 120 Å². The molecule has 1 aliphatic carbocycles. The van der Waals surface area contributed by atoms with E-state index in [1.54, 1.807) is 10.7 Å². The zero-order chi connectivity index (χ0) is 28.7. The fraction of sp³-hybridized carbons (Fsp3) is 0.500. The fourth-order valence-electron chi connectivity index (χ4n) is 5.30. The maximum atomic E-state index is 11.5. The van der Waals surface area contributed by atoms with E-state index in [1.165, 1.54) is 18.7 Å². The lowest BCUT2D eigenvalue weighted by Crippen LogP contribution is -2.63. The van der Waals surface area contributed by atoms with E-state index >= 15 is 0 Å². The Morgan fingerprint density at radius 2 is 1.88 bits per heavy atom. The van der Waals surface area contributed by atoms with Crippen molar-refractivity contribution in [2.75, 3.05) is 73.4 Å². The second-order valence-corrected chi connectivity index (χ2v) is 13.6. The molecule has 0 radical (unpaired) electrons. The standard InChI is InChI=1S/C26H34ClN11O2S/c1-41(39,40)9-8-35-15-20(16-35)36-4-6-37(7-5-36)22-11-17(12-28)10-21(23(22)27)32-26-33-24(31-18-2-3-18)25-30-14-19(13-29)38(25)34-26/h10-14,18,20,28-29H,2-9,15-16H2,1H3,(H2,31,32,33,34). The molecule has 41 heavy (non-hydrogen) atoms. The van der Waals surface area contributed by atoms with Gasteiger partial charge in [0.2, 0.25) is 5.95 Å². The Hall–Kier alpha value is -3.33. The third-order valence-electron chi connectivity index (χ3n) is 7.83. The van der Waals surface area contributed by atoms with E-state index in [0.717, 1.165) is 57.8 Å². The molecule has 3 aliphatic rings. The van der Waals surface area contributed by atoms with Crippen LogP contribution in [0.15, 0.2) is 18.3 Å². The van der Waals surface area contributed by atoms with Gasteiger partial charge in [-0.05, 0) is 30.5 Å². The number of likely N-dealkylation sites (tertiary alicyclic amines) is 1. The molecule has 3 fully saturated rings. The molecule has 2 aromatic heterocycles. The number of halogens is 1. The number of nitrogens with zero attached hydrogens (tertiary/aromatic N) is 7. The summed E-state index contributed by atoms with van der Waals surface area (Å²) in [5.74, 6) is 1.11. The van der Waals surface area contributed by atoms with Gasteiger partial charge in [0.15, 0.2) is 11.5 Å². The molecular formula is C26H34ClN11O2S. The van der Waals surface area contributed by atoms with Crippen molar-refractivity contribution in [3.63, 3.8) is 0 Å². The molecule has 2 aliphatic heterocycles. The zero-order valence-corrected chi connectivity index (χ0v) is 24.4. The summed E-state index contributed by atoms with van der Waals surface area (Å²) in [5, 5.41) is 27.4. The van der Waals surface area contributed by atoms with Crippen LogP contribution in [0.4, 0.5) is 23.1 Å². The van der Waals surface area contributed by atoms with Gasteiger partial charge < -0.3 is 26.4 Å². The monoisotopic (exact) mass is 599 g/mol. The average Bonchev–Trinajstić information content (AvgIpc) is 3.64. The number of hydrogen-bond donors (Lipinski definition) is 4. The number of aromatic nitrogens is 4. The van der Waals surface area contributed by atoms with Crippen LogP contribution in [0, 0.1) is 10.8 Å². The molecule has 1 saturated carbocycles. The first kappa shape index (κ1) is 27.8. The van der Waals surface area contributed by atoms with Crippen LogP contribution >= 0.6 is 11.6 Å². The molecule has 0 atom stereocenters. The first-order valence-corrected chi connectivity index (χ1v) is 16.2. The molecule has 0 amide bonds. The largest absolute Gasteiger partial charge is 0.368 e. The number of fused-ring (bicyclic) bond motifs is 1. The van der Waals surface area contributed by atoms with Gasteiger partial charge in [0, 0.05) is 76.6 Å². The first-order valence-electron chi connectivity index (χ1n) is 13.7. The summed E-state index contributed by atoms with van der Waals surface area (Å²) in [5.41, 5.74) is 3.24. The molecule has 0 bridgehead atoms. The van der Waals surface area contributed by atoms with E-state index in [-0.39, 0.29) is 5.75 Å². The third-order valence-corrected chi connectivity index (χ3v) is 9.15. The smallest absolute Gasteiger partial charge is 0.247 e. The van der Waals surface area contributed by atoms with Crippen LogP contribution in [0.3, 0.4) is 0 Å². The summed E-state index contributed by atoms with van der Waals surface area (Å²) < 4.78 is 24.5. The minimum atomic E-state index is -2.94. The Morgan fingerprint density at radius 3 is 2.54 bits per heavy atom. The molecule has 4 heterocycles. The number of benzene rings is 1. The SMILES string of the molecule is CS(=O)(=O)CCN1CC(N2CCN(c3cc(C=N)cc(Nc4nc(NC5CC5)c5ncc(C=N)n5n4)c3Cl)CC2)C1. The van der Waals surface area contributed by atoms with Crippen LogP contribution < -0.4 is 15.5 Å². The summed E-state index contributed by atoms with van der Waals surface area (Å²) in [4.78, 5) is 16.0. The van der Waals surface area contributed by atoms with Crippen molar-refractivity contribution in [1.29, 1.82) is 10.8 Å². The summed E-state index contributed by atoms with van der Waals surface area (Å²) >= 11 is 6.96. The summed E-state index contributed by atoms with van der Waals surface area (Å²) in [6.45, 7) is 5.71. The van der Waals surface area contributed by atoms with Crippen molar-refractivity contribution < 1.29 is 8.42 Å². The predicted molar refractivity (Wildman–Crippen MR) is 162 cm³/mol. The maximum absolute atomic E-state index is 11.5. The van der Waals surface area contributed by atoms with Crippen molar-refractivity contribution in [3.05, 3.63) is 34.6 Å². The third kappa shape index (κ3) is 6.15. The molecule has 2 saturated heterocycles. The van der Waals surface area contributed by atoms with Crippen LogP contribution in [0.1, 0.15) is 24.1 Å². The molecule has 4 N–H and O–H groups in total. The molecule has 218 valence electrons. The highest BCUT2D eigenvalue weighted by molar-refractivity contribution is 7.90. The minimum Gasteiger partial charge on any atom is -0.368 e. The lowest BCUT2D eigenvalue weighted by atomic mass is 10.1. The molecule has 0 unspecified atom stereocenters. The topological polar surface area (TPSA) is 159 Å². The average molecular weight is 600 g/mol. The first-order chi connectivity index (χ1) is 19.7. The lowest BCUT2D eigenvalue weighted by molar-refractivity contribution is 0.0350. The number of nitrogens with one attached hydrogen (secondary N) is 4. The molecular weight excluding hydrogens is 566 g/mol. The zero-order valence-electron chi connectivity index (χ0n) is 22.8. The Morgan fingerprint density at radius 1 is 1.12 bits per heavy atom. The lowest BCUT2D eigenvalue weighted by Gasteiger charge is -2.48. The Labute approximate surface area is 243 Å². The van der Waals surface area contributed by atoms with Gasteiger partial charge in [-0.25, -0.2) is 17.9 Å². The van der Waals surface area contributed by atoms with E-state index in [2.05, 4.69) is 40.4 Å². The molecule has 13 nitrogen and oxygen atoms in total. The second kappa shape index (κ2) is 11.2. The number of imidazole rings is 1. The van der Waals surface area contributed by atoms with Gasteiger partial charge >= 0.3 is 0 Å². The van der Waals surface area contributed by atoms with E-state index in [4.69, 9.17) is 22.4 Å². The Balaban J connectivity index is 1.17. The quantitative estimate of drug-likeness (QED) is 0.240. The van der Waals surface area contributed by atoms with Crippen molar-refractivity contribution in [2.45, 2.75) is 24.9 Å². The number of piperazine rings is 1. The van der Waals surface area contributed by atoms with E-state index < -0.39 is 9.84 Å². The maximum Gasteiger partial charge on any atom is 0.247 e. The normalized spacial score (nSPS) is 18.8. The van der Waals surface area contributed by atoms with Gasteiger partial charge in [-0.1, -0.05) is 11.6 Å². The molecule has 0 spiro atoms. The van der Waals surface area contributed by atoms with E-state index in [0.29, 0.717) is 58.0 Å². The van der Waals surface area contributed by atoms with Crippen LogP contribution in [0.25, 0.3) is 5.65 Å². The van der Waals surface area contributed by atoms with Crippen molar-refractivity contribution in [2.24, 2.45) is 0 Å². The number of sulfone groups is 1. The molecule has 15 heteroatoms. The summed E-state index contributed by atoms with van der Waals surface area (Å²) in [6.07, 6.45) is 7.52. The highest BCUT2D eigenvalue weighted by Crippen LogP contribution is 2.37. The molecule has 6 rings (SSSR count). The van der Waals surface area contributed by atoms with Crippen molar-refractivity contribution in [1.82, 2.24) is 29.4 Å². The molecule has 3 aromatic rings. The Bertz CT molecular complexity index is 1580. The highest BCUT2D eigenvalue weighted by Gasteiger charge is 2.34. The van der Waals surface area contributed by atoms with Crippen LogP contribution in [-0.2, 0) is 9.84 Å². The molecule has 1 aromatic carbocycles. The van der Waals surface area contributed by atoms with Gasteiger partial charge in [-0.2, -0.15) is 4.98 Å². The van der Waals surface area contributed by atoms with Gasteiger partial charge in [-0.15, -0.1) is 5.10 Å². The number of hydrogen-bond acceptors (Lipinski definition) is 12. The van der Waals surface area contributed by atoms with Gasteiger partial charge in [0.1, 0.15) is 15.5 Å². The minimum absolute atomic E-state index is 0.203. The van der Waals surface area contributed by atoms with Crippen molar-refractivity contribution in [3.8, 4) is 0 Å². The number of anilines is 4.